The molecule has 0 saturated carbocycles. The highest BCUT2D eigenvalue weighted by atomic mass is 31.2. The molecule has 0 saturated heterocycles. The quantitative estimate of drug-likeness (QED) is 0.0272. The van der Waals surface area contributed by atoms with E-state index in [2.05, 4.69) is 55.6 Å². The number of aliphatic hydroxyl groups is 1. The third kappa shape index (κ3) is 56.2. The Morgan fingerprint density at radius 3 is 1.12 bits per heavy atom. The van der Waals surface area contributed by atoms with Crippen molar-refractivity contribution in [2.45, 2.75) is 309 Å². The third-order valence-electron chi connectivity index (χ3n) is 14.0. The van der Waals surface area contributed by atoms with Gasteiger partial charge in [-0.15, -0.1) is 0 Å². The number of quaternary nitrogens is 1. The standard InChI is InChI=1S/C63H121N2O6P/c1-6-8-10-12-14-16-18-20-22-24-26-27-28-29-30-31-32-33-34-35-36-37-39-41-43-45-47-49-51-53-55-57-63(67)64-61(60-71-72(68,69)70-59-58-65(3,4)5)62(66)56-54-52-50-48-46-44-42-40-38-25-23-21-19-17-15-13-11-9-7-2/h24,26,38,40,46,48,54,56,61-62,66H,6-23,25,27-37,39,41-45,47,49-53,55,57-60H2,1-5H3,(H-,64,67,68,69)/b26-24-,40-38+,48-46+,56-54+. The van der Waals surface area contributed by atoms with Crippen molar-refractivity contribution in [1.82, 2.24) is 5.32 Å². The van der Waals surface area contributed by atoms with Crippen LogP contribution in [0.15, 0.2) is 48.6 Å². The molecular formula is C63H121N2O6P. The van der Waals surface area contributed by atoms with Crippen LogP contribution in [-0.4, -0.2) is 68.5 Å². The second kappa shape index (κ2) is 54.3. The van der Waals surface area contributed by atoms with E-state index in [0.29, 0.717) is 17.4 Å². The summed E-state index contributed by atoms with van der Waals surface area (Å²) in [6.45, 7) is 4.65. The zero-order chi connectivity index (χ0) is 52.7. The van der Waals surface area contributed by atoms with Gasteiger partial charge in [-0.25, -0.2) is 0 Å². The average Bonchev–Trinajstić information content (AvgIpc) is 3.34. The Kier molecular flexibility index (Phi) is 53.1. The first-order valence-electron chi connectivity index (χ1n) is 31.0. The van der Waals surface area contributed by atoms with Crippen molar-refractivity contribution < 1.29 is 32.9 Å². The maximum Gasteiger partial charge on any atom is 0.268 e. The summed E-state index contributed by atoms with van der Waals surface area (Å²) in [6, 6.07) is -0.910. The van der Waals surface area contributed by atoms with E-state index < -0.39 is 26.6 Å². The number of nitrogens with zero attached hydrogens (tertiary/aromatic N) is 1. The summed E-state index contributed by atoms with van der Waals surface area (Å²) in [7, 11) is 1.24. The lowest BCUT2D eigenvalue weighted by Crippen LogP contribution is -2.45. The fraction of sp³-hybridized carbons (Fsp3) is 0.857. The zero-order valence-corrected chi connectivity index (χ0v) is 49.3. The van der Waals surface area contributed by atoms with E-state index in [1.54, 1.807) is 6.08 Å². The number of carbonyl (C=O) groups is 1. The number of carbonyl (C=O) groups excluding carboxylic acids is 1. The van der Waals surface area contributed by atoms with Crippen molar-refractivity contribution in [3.63, 3.8) is 0 Å². The largest absolute Gasteiger partial charge is 0.756 e. The summed E-state index contributed by atoms with van der Waals surface area (Å²) in [5, 5.41) is 13.9. The van der Waals surface area contributed by atoms with Gasteiger partial charge in [0.15, 0.2) is 0 Å². The molecule has 0 rings (SSSR count). The molecule has 0 fully saturated rings. The first-order valence-corrected chi connectivity index (χ1v) is 32.5. The summed E-state index contributed by atoms with van der Waals surface area (Å²) < 4.78 is 23.3. The van der Waals surface area contributed by atoms with Crippen LogP contribution in [0, 0.1) is 0 Å². The van der Waals surface area contributed by atoms with Crippen LogP contribution in [0.4, 0.5) is 0 Å². The third-order valence-corrected chi connectivity index (χ3v) is 15.0. The Labute approximate surface area is 448 Å². The minimum Gasteiger partial charge on any atom is -0.756 e. The molecule has 0 bridgehead atoms. The normalized spacial score (nSPS) is 14.2. The van der Waals surface area contributed by atoms with Crippen LogP contribution in [0.2, 0.25) is 0 Å². The summed E-state index contributed by atoms with van der Waals surface area (Å²) >= 11 is 0. The molecule has 0 radical (unpaired) electrons. The second-order valence-corrected chi connectivity index (χ2v) is 23.8. The van der Waals surface area contributed by atoms with Crippen molar-refractivity contribution in [3.05, 3.63) is 48.6 Å². The zero-order valence-electron chi connectivity index (χ0n) is 48.4. The molecule has 0 heterocycles. The van der Waals surface area contributed by atoms with E-state index in [-0.39, 0.29) is 12.5 Å². The summed E-state index contributed by atoms with van der Waals surface area (Å²) in [6.07, 6.45) is 72.1. The molecule has 0 aromatic carbocycles. The number of allylic oxidation sites excluding steroid dienone is 7. The Morgan fingerprint density at radius 2 is 0.778 bits per heavy atom. The molecule has 8 nitrogen and oxygen atoms in total. The minimum atomic E-state index is -4.61. The molecule has 0 aliphatic heterocycles. The van der Waals surface area contributed by atoms with E-state index in [1.807, 2.05) is 27.2 Å². The number of unbranched alkanes of at least 4 members (excludes halogenated alkanes) is 38. The molecule has 0 aliphatic carbocycles. The van der Waals surface area contributed by atoms with Crippen molar-refractivity contribution >= 4 is 13.7 Å². The number of amides is 1. The predicted octanol–water partition coefficient (Wildman–Crippen LogP) is 18.5. The van der Waals surface area contributed by atoms with Crippen LogP contribution in [0.25, 0.3) is 0 Å². The number of aliphatic hydroxyl groups excluding tert-OH is 1. The number of likely N-dealkylation sites (N-methyl/N-ethyl adjacent to an activating group) is 1. The Bertz CT molecular complexity index is 1310. The van der Waals surface area contributed by atoms with Gasteiger partial charge >= 0.3 is 0 Å². The van der Waals surface area contributed by atoms with Crippen LogP contribution in [0.3, 0.4) is 0 Å². The lowest BCUT2D eigenvalue weighted by molar-refractivity contribution is -0.870. The van der Waals surface area contributed by atoms with Crippen molar-refractivity contribution in [2.75, 3.05) is 40.9 Å². The van der Waals surface area contributed by atoms with E-state index in [1.165, 1.54) is 231 Å². The van der Waals surface area contributed by atoms with Gasteiger partial charge in [0.2, 0.25) is 5.91 Å². The van der Waals surface area contributed by atoms with E-state index in [9.17, 15) is 19.4 Å². The monoisotopic (exact) mass is 1030 g/mol. The molecule has 0 aromatic heterocycles. The van der Waals surface area contributed by atoms with Gasteiger partial charge in [-0.05, 0) is 70.6 Å². The number of rotatable bonds is 57. The summed E-state index contributed by atoms with van der Waals surface area (Å²) in [4.78, 5) is 25.5. The SMILES string of the molecule is CCCCCCCCCC/C=C\CCCCCCCCCCCCCCCCCCCCCC(=O)NC(COP(=O)([O-])OCC[N+](C)(C)C)C(O)/C=C/CC/C=C/CC/C=C/CCCCCCCCCCC. The average molecular weight is 1030 g/mol. The molecular weight excluding hydrogens is 912 g/mol. The van der Waals surface area contributed by atoms with Crippen LogP contribution < -0.4 is 10.2 Å². The predicted molar refractivity (Wildman–Crippen MR) is 311 cm³/mol. The molecule has 0 aromatic rings. The molecule has 3 unspecified atom stereocenters. The molecule has 72 heavy (non-hydrogen) atoms. The number of hydrogen-bond donors (Lipinski definition) is 2. The summed E-state index contributed by atoms with van der Waals surface area (Å²) in [5.41, 5.74) is 0. The van der Waals surface area contributed by atoms with Gasteiger partial charge in [-0.3, -0.25) is 9.36 Å². The molecule has 0 aliphatic rings. The fourth-order valence-corrected chi connectivity index (χ4v) is 9.85. The van der Waals surface area contributed by atoms with Crippen LogP contribution in [-0.2, 0) is 18.4 Å². The Balaban J connectivity index is 4.12. The molecule has 2 N–H and O–H groups in total. The molecule has 424 valence electrons. The van der Waals surface area contributed by atoms with E-state index in [4.69, 9.17) is 9.05 Å². The number of hydrogen-bond acceptors (Lipinski definition) is 6. The van der Waals surface area contributed by atoms with Gasteiger partial charge in [-0.1, -0.05) is 268 Å². The van der Waals surface area contributed by atoms with Gasteiger partial charge in [0.05, 0.1) is 39.9 Å². The number of phosphoric acid groups is 1. The van der Waals surface area contributed by atoms with Crippen molar-refractivity contribution in [3.8, 4) is 0 Å². The second-order valence-electron chi connectivity index (χ2n) is 22.4. The first-order chi connectivity index (χ1) is 35.0. The Morgan fingerprint density at radius 1 is 0.472 bits per heavy atom. The molecule has 3 atom stereocenters. The van der Waals surface area contributed by atoms with Crippen LogP contribution in [0.5, 0.6) is 0 Å². The highest BCUT2D eigenvalue weighted by Gasteiger charge is 2.23. The van der Waals surface area contributed by atoms with Gasteiger partial charge in [0, 0.05) is 6.42 Å². The van der Waals surface area contributed by atoms with E-state index >= 15 is 0 Å². The van der Waals surface area contributed by atoms with Gasteiger partial charge < -0.3 is 28.8 Å². The number of nitrogens with one attached hydrogen (secondary N) is 1. The fourth-order valence-electron chi connectivity index (χ4n) is 9.12. The highest BCUT2D eigenvalue weighted by molar-refractivity contribution is 7.45. The van der Waals surface area contributed by atoms with Gasteiger partial charge in [0.25, 0.3) is 7.82 Å². The lowest BCUT2D eigenvalue weighted by atomic mass is 10.0. The molecule has 0 spiro atoms. The van der Waals surface area contributed by atoms with Crippen molar-refractivity contribution in [1.29, 1.82) is 0 Å². The van der Waals surface area contributed by atoms with Gasteiger partial charge in [0.1, 0.15) is 13.2 Å². The topological polar surface area (TPSA) is 108 Å². The highest BCUT2D eigenvalue weighted by Crippen LogP contribution is 2.38. The summed E-state index contributed by atoms with van der Waals surface area (Å²) in [5.74, 6) is -0.207. The lowest BCUT2D eigenvalue weighted by Gasteiger charge is -2.29. The smallest absolute Gasteiger partial charge is 0.268 e. The van der Waals surface area contributed by atoms with Gasteiger partial charge in [-0.2, -0.15) is 0 Å². The maximum atomic E-state index is 13.0. The van der Waals surface area contributed by atoms with Crippen molar-refractivity contribution in [2.24, 2.45) is 0 Å². The first kappa shape index (κ1) is 70.5. The minimum absolute atomic E-state index is 0.00839. The van der Waals surface area contributed by atoms with E-state index in [0.717, 1.165) is 44.9 Å². The molecule has 1 amide bonds. The molecule has 9 heteroatoms. The Hall–Kier alpha value is -1.54. The van der Waals surface area contributed by atoms with Crippen LogP contribution in [0.1, 0.15) is 296 Å². The maximum absolute atomic E-state index is 13.0. The van der Waals surface area contributed by atoms with Crippen LogP contribution >= 0.6 is 7.82 Å². The number of phosphoric ester groups is 1.